The number of carbonyl (C=O) groups is 1. The highest BCUT2D eigenvalue weighted by atomic mass is 35.5. The standard InChI is InChI=1S/C20H18ClN3O3S/c1-12(19(26)22-16-6-4-3-5-15(16)21)28-20-23-17(11-18(25)24-20)13-7-9-14(27-2)10-8-13/h3-12H,1-2H3,(H,22,26)(H,23,24,25). The Kier molecular flexibility index (Phi) is 6.38. The molecule has 0 spiro atoms. The molecule has 6 nitrogen and oxygen atoms in total. The quantitative estimate of drug-likeness (QED) is 0.465. The van der Waals surface area contributed by atoms with E-state index in [0.717, 1.165) is 17.3 Å². The zero-order valence-electron chi connectivity index (χ0n) is 15.2. The summed E-state index contributed by atoms with van der Waals surface area (Å²) in [6.45, 7) is 1.73. The van der Waals surface area contributed by atoms with Crippen LogP contribution in [0.15, 0.2) is 64.5 Å². The molecule has 0 aliphatic rings. The van der Waals surface area contributed by atoms with Crippen molar-refractivity contribution in [2.24, 2.45) is 0 Å². The molecule has 0 aliphatic carbocycles. The van der Waals surface area contributed by atoms with Crippen LogP contribution in [0.2, 0.25) is 5.02 Å². The number of H-pyrrole nitrogens is 1. The van der Waals surface area contributed by atoms with Crippen LogP contribution in [0.3, 0.4) is 0 Å². The number of nitrogens with one attached hydrogen (secondary N) is 2. The average Bonchev–Trinajstić information content (AvgIpc) is 2.69. The van der Waals surface area contributed by atoms with Crippen molar-refractivity contribution in [3.05, 3.63) is 70.0 Å². The van der Waals surface area contributed by atoms with Crippen LogP contribution in [0.1, 0.15) is 6.92 Å². The molecule has 1 unspecified atom stereocenters. The molecule has 0 aliphatic heterocycles. The fraction of sp³-hybridized carbons (Fsp3) is 0.150. The molecule has 1 amide bonds. The third-order valence-corrected chi connectivity index (χ3v) is 5.21. The van der Waals surface area contributed by atoms with Crippen LogP contribution >= 0.6 is 23.4 Å². The van der Waals surface area contributed by atoms with E-state index in [1.165, 1.54) is 6.07 Å². The molecule has 8 heteroatoms. The molecule has 1 heterocycles. The molecule has 2 aromatic carbocycles. The minimum Gasteiger partial charge on any atom is -0.497 e. The van der Waals surface area contributed by atoms with Crippen LogP contribution in [-0.4, -0.2) is 28.2 Å². The first-order valence-corrected chi connectivity index (χ1v) is 9.70. The van der Waals surface area contributed by atoms with E-state index < -0.39 is 5.25 Å². The topological polar surface area (TPSA) is 84.1 Å². The highest BCUT2D eigenvalue weighted by Crippen LogP contribution is 2.26. The second-order valence-electron chi connectivity index (χ2n) is 5.89. The van der Waals surface area contributed by atoms with Crippen molar-refractivity contribution in [1.82, 2.24) is 9.97 Å². The lowest BCUT2D eigenvalue weighted by atomic mass is 10.1. The number of aromatic amines is 1. The van der Waals surface area contributed by atoms with Gasteiger partial charge < -0.3 is 15.0 Å². The first-order chi connectivity index (χ1) is 13.5. The number of aromatic nitrogens is 2. The summed E-state index contributed by atoms with van der Waals surface area (Å²) in [4.78, 5) is 31.6. The van der Waals surface area contributed by atoms with Gasteiger partial charge in [0, 0.05) is 11.6 Å². The van der Waals surface area contributed by atoms with Gasteiger partial charge >= 0.3 is 0 Å². The van der Waals surface area contributed by atoms with Crippen molar-refractivity contribution < 1.29 is 9.53 Å². The van der Waals surface area contributed by atoms with E-state index in [2.05, 4.69) is 15.3 Å². The van der Waals surface area contributed by atoms with Crippen molar-refractivity contribution in [3.8, 4) is 17.0 Å². The fourth-order valence-electron chi connectivity index (χ4n) is 2.42. The second-order valence-corrected chi connectivity index (χ2v) is 7.63. The Bertz CT molecular complexity index is 1040. The molecule has 28 heavy (non-hydrogen) atoms. The number of hydrogen-bond acceptors (Lipinski definition) is 5. The molecule has 1 aromatic heterocycles. The molecule has 0 fully saturated rings. The Morgan fingerprint density at radius 2 is 1.93 bits per heavy atom. The molecule has 3 rings (SSSR count). The fourth-order valence-corrected chi connectivity index (χ4v) is 3.41. The lowest BCUT2D eigenvalue weighted by Crippen LogP contribution is -2.23. The summed E-state index contributed by atoms with van der Waals surface area (Å²) in [5, 5.41) is 3.10. The number of ether oxygens (including phenoxy) is 1. The maximum absolute atomic E-state index is 12.5. The van der Waals surface area contributed by atoms with Gasteiger partial charge in [0.05, 0.1) is 28.8 Å². The largest absolute Gasteiger partial charge is 0.497 e. The van der Waals surface area contributed by atoms with Gasteiger partial charge in [-0.25, -0.2) is 4.98 Å². The molecule has 144 valence electrons. The number of halogens is 1. The normalized spacial score (nSPS) is 11.7. The van der Waals surface area contributed by atoms with E-state index in [1.807, 2.05) is 12.1 Å². The average molecular weight is 416 g/mol. The van der Waals surface area contributed by atoms with E-state index in [4.69, 9.17) is 16.3 Å². The van der Waals surface area contributed by atoms with E-state index in [-0.39, 0.29) is 11.5 Å². The Morgan fingerprint density at radius 3 is 2.61 bits per heavy atom. The molecule has 0 saturated carbocycles. The SMILES string of the molecule is COc1ccc(-c2cc(=O)[nH]c(SC(C)C(=O)Nc3ccccc3Cl)n2)cc1. The van der Waals surface area contributed by atoms with Crippen molar-refractivity contribution in [2.45, 2.75) is 17.3 Å². The molecule has 0 bridgehead atoms. The van der Waals surface area contributed by atoms with Crippen molar-refractivity contribution in [3.63, 3.8) is 0 Å². The maximum Gasteiger partial charge on any atom is 0.252 e. The smallest absolute Gasteiger partial charge is 0.252 e. The second kappa shape index (κ2) is 8.95. The van der Waals surface area contributed by atoms with Gasteiger partial charge in [0.25, 0.3) is 5.56 Å². The number of amides is 1. The third kappa shape index (κ3) is 4.94. The van der Waals surface area contributed by atoms with Gasteiger partial charge in [-0.3, -0.25) is 9.59 Å². The number of nitrogens with zero attached hydrogens (tertiary/aromatic N) is 1. The molecular formula is C20H18ClN3O3S. The number of hydrogen-bond donors (Lipinski definition) is 2. The van der Waals surface area contributed by atoms with Gasteiger partial charge in [0.1, 0.15) is 5.75 Å². The van der Waals surface area contributed by atoms with Crippen molar-refractivity contribution in [2.75, 3.05) is 12.4 Å². The summed E-state index contributed by atoms with van der Waals surface area (Å²) in [5.74, 6) is 0.476. The number of methoxy groups -OCH3 is 1. The number of thioether (sulfide) groups is 1. The summed E-state index contributed by atoms with van der Waals surface area (Å²) in [7, 11) is 1.59. The van der Waals surface area contributed by atoms with Gasteiger partial charge in [0.2, 0.25) is 5.91 Å². The lowest BCUT2D eigenvalue weighted by molar-refractivity contribution is -0.115. The first-order valence-electron chi connectivity index (χ1n) is 8.44. The Labute approximate surface area is 171 Å². The van der Waals surface area contributed by atoms with Gasteiger partial charge in [-0.05, 0) is 43.3 Å². The summed E-state index contributed by atoms with van der Waals surface area (Å²) in [6, 6.07) is 15.7. The van der Waals surface area contributed by atoms with E-state index in [0.29, 0.717) is 27.3 Å². The summed E-state index contributed by atoms with van der Waals surface area (Å²) >= 11 is 7.23. The minimum atomic E-state index is -0.495. The molecule has 0 saturated heterocycles. The molecule has 0 radical (unpaired) electrons. The van der Waals surface area contributed by atoms with E-state index in [9.17, 15) is 9.59 Å². The van der Waals surface area contributed by atoms with Crippen LogP contribution in [0.25, 0.3) is 11.3 Å². The summed E-state index contributed by atoms with van der Waals surface area (Å²) < 4.78 is 5.14. The van der Waals surface area contributed by atoms with Crippen LogP contribution in [0.4, 0.5) is 5.69 Å². The third-order valence-electron chi connectivity index (χ3n) is 3.90. The molecule has 2 N–H and O–H groups in total. The van der Waals surface area contributed by atoms with Gasteiger partial charge in [-0.1, -0.05) is 35.5 Å². The number of anilines is 1. The predicted octanol–water partition coefficient (Wildman–Crippen LogP) is 4.22. The van der Waals surface area contributed by atoms with E-state index in [1.54, 1.807) is 50.4 Å². The Hall–Kier alpha value is -2.77. The summed E-state index contributed by atoms with van der Waals surface area (Å²) in [5.41, 5.74) is 1.55. The zero-order chi connectivity index (χ0) is 20.1. The zero-order valence-corrected chi connectivity index (χ0v) is 16.8. The van der Waals surface area contributed by atoms with Crippen molar-refractivity contribution in [1.29, 1.82) is 0 Å². The highest BCUT2D eigenvalue weighted by Gasteiger charge is 2.17. The monoisotopic (exact) mass is 415 g/mol. The Balaban J connectivity index is 1.76. The first kappa shape index (κ1) is 20.0. The summed E-state index contributed by atoms with van der Waals surface area (Å²) in [6.07, 6.45) is 0. The maximum atomic E-state index is 12.5. The molecule has 3 aromatic rings. The van der Waals surface area contributed by atoms with Crippen LogP contribution in [0, 0.1) is 0 Å². The van der Waals surface area contributed by atoms with Gasteiger partial charge in [-0.15, -0.1) is 0 Å². The lowest BCUT2D eigenvalue weighted by Gasteiger charge is -2.12. The van der Waals surface area contributed by atoms with E-state index >= 15 is 0 Å². The van der Waals surface area contributed by atoms with Crippen LogP contribution < -0.4 is 15.6 Å². The Morgan fingerprint density at radius 1 is 1.21 bits per heavy atom. The molecule has 1 atom stereocenters. The number of para-hydroxylation sites is 1. The van der Waals surface area contributed by atoms with Crippen LogP contribution in [0.5, 0.6) is 5.75 Å². The molecular weight excluding hydrogens is 398 g/mol. The van der Waals surface area contributed by atoms with Crippen molar-refractivity contribution >= 4 is 35.0 Å². The van der Waals surface area contributed by atoms with Gasteiger partial charge in [0.15, 0.2) is 5.16 Å². The van der Waals surface area contributed by atoms with Gasteiger partial charge in [-0.2, -0.15) is 0 Å². The highest BCUT2D eigenvalue weighted by molar-refractivity contribution is 8.00. The number of carbonyl (C=O) groups excluding carboxylic acids is 1. The number of benzene rings is 2. The number of rotatable bonds is 6. The van der Waals surface area contributed by atoms with Crippen LogP contribution in [-0.2, 0) is 4.79 Å². The predicted molar refractivity (Wildman–Crippen MR) is 112 cm³/mol. The minimum absolute atomic E-state index is 0.240.